The molecule has 7 nitrogen and oxygen atoms in total. The Morgan fingerprint density at radius 3 is 2.45 bits per heavy atom. The van der Waals surface area contributed by atoms with Crippen LogP contribution in [0.2, 0.25) is 0 Å². The van der Waals surface area contributed by atoms with Crippen LogP contribution in [0.3, 0.4) is 0 Å². The van der Waals surface area contributed by atoms with E-state index in [0.29, 0.717) is 25.9 Å². The molecule has 0 spiro atoms. The minimum absolute atomic E-state index is 0.0454. The highest BCUT2D eigenvalue weighted by molar-refractivity contribution is 7.88. The lowest BCUT2D eigenvalue weighted by atomic mass is 10.0. The van der Waals surface area contributed by atoms with Crippen LogP contribution in [-0.4, -0.2) is 79.4 Å². The predicted molar refractivity (Wildman–Crippen MR) is 72.6 cm³/mol. The van der Waals surface area contributed by atoms with Crippen molar-refractivity contribution in [1.82, 2.24) is 9.21 Å². The molecule has 0 bridgehead atoms. The first-order chi connectivity index (χ1) is 9.22. The minimum Gasteiger partial charge on any atom is -0.393 e. The highest BCUT2D eigenvalue weighted by Crippen LogP contribution is 2.24. The molecule has 116 valence electrons. The van der Waals surface area contributed by atoms with Gasteiger partial charge in [-0.1, -0.05) is 0 Å². The summed E-state index contributed by atoms with van der Waals surface area (Å²) in [5.74, 6) is -0.197. The zero-order chi connectivity index (χ0) is 15.0. The van der Waals surface area contributed by atoms with E-state index >= 15 is 0 Å². The first-order valence-corrected chi connectivity index (χ1v) is 8.64. The van der Waals surface area contributed by atoms with E-state index in [1.807, 2.05) is 0 Å². The fourth-order valence-electron chi connectivity index (χ4n) is 2.65. The second-order valence-corrected chi connectivity index (χ2v) is 7.68. The molecular weight excluding hydrogens is 284 g/mol. The summed E-state index contributed by atoms with van der Waals surface area (Å²) in [6.07, 6.45) is 1.89. The SMILES string of the molecule is C[C@@]1(C(=O)N2CCC(O)CC2)CN(S(C)(=O)=O)CCO1. The summed E-state index contributed by atoms with van der Waals surface area (Å²) in [6, 6.07) is 0. The summed E-state index contributed by atoms with van der Waals surface area (Å²) < 4.78 is 30.1. The summed E-state index contributed by atoms with van der Waals surface area (Å²) in [5.41, 5.74) is -1.14. The lowest BCUT2D eigenvalue weighted by Crippen LogP contribution is -2.60. The third-order valence-electron chi connectivity index (χ3n) is 3.91. The van der Waals surface area contributed by atoms with Gasteiger partial charge >= 0.3 is 0 Å². The smallest absolute Gasteiger partial charge is 0.255 e. The maximum absolute atomic E-state index is 12.6. The van der Waals surface area contributed by atoms with Crippen LogP contribution in [0.4, 0.5) is 0 Å². The fourth-order valence-corrected chi connectivity index (χ4v) is 3.54. The molecule has 1 amide bonds. The van der Waals surface area contributed by atoms with Crippen molar-refractivity contribution in [2.75, 3.05) is 39.0 Å². The van der Waals surface area contributed by atoms with Gasteiger partial charge in [0.1, 0.15) is 0 Å². The van der Waals surface area contributed by atoms with E-state index in [1.165, 1.54) is 4.31 Å². The van der Waals surface area contributed by atoms with Crippen molar-refractivity contribution in [2.24, 2.45) is 0 Å². The number of sulfonamides is 1. The number of carbonyl (C=O) groups excluding carboxylic acids is 1. The lowest BCUT2D eigenvalue weighted by Gasteiger charge is -2.42. The van der Waals surface area contributed by atoms with Crippen LogP contribution in [-0.2, 0) is 19.6 Å². The van der Waals surface area contributed by atoms with Crippen LogP contribution in [0.5, 0.6) is 0 Å². The maximum Gasteiger partial charge on any atom is 0.255 e. The molecule has 0 saturated carbocycles. The first kappa shape index (κ1) is 15.7. The van der Waals surface area contributed by atoms with Gasteiger partial charge in [-0.3, -0.25) is 4.79 Å². The molecule has 1 N–H and O–H groups in total. The van der Waals surface area contributed by atoms with E-state index in [1.54, 1.807) is 11.8 Å². The number of morpholine rings is 1. The molecule has 0 aromatic heterocycles. The van der Waals surface area contributed by atoms with Gasteiger partial charge in [0, 0.05) is 19.6 Å². The Morgan fingerprint density at radius 1 is 1.30 bits per heavy atom. The van der Waals surface area contributed by atoms with Crippen molar-refractivity contribution in [2.45, 2.75) is 31.5 Å². The number of carbonyl (C=O) groups is 1. The number of hydrogen-bond donors (Lipinski definition) is 1. The van der Waals surface area contributed by atoms with Crippen LogP contribution in [0.1, 0.15) is 19.8 Å². The van der Waals surface area contributed by atoms with Gasteiger partial charge in [-0.15, -0.1) is 0 Å². The van der Waals surface area contributed by atoms with E-state index < -0.39 is 15.6 Å². The predicted octanol–water partition coefficient (Wildman–Crippen LogP) is -0.980. The Balaban J connectivity index is 2.07. The van der Waals surface area contributed by atoms with Gasteiger partial charge < -0.3 is 14.7 Å². The molecule has 2 saturated heterocycles. The van der Waals surface area contributed by atoms with Gasteiger partial charge in [0.15, 0.2) is 5.60 Å². The third-order valence-corrected chi connectivity index (χ3v) is 5.16. The molecule has 0 unspecified atom stereocenters. The van der Waals surface area contributed by atoms with E-state index in [9.17, 15) is 18.3 Å². The molecule has 2 aliphatic heterocycles. The highest BCUT2D eigenvalue weighted by Gasteiger charge is 2.44. The fraction of sp³-hybridized carbons (Fsp3) is 0.917. The largest absolute Gasteiger partial charge is 0.393 e. The summed E-state index contributed by atoms with van der Waals surface area (Å²) in [4.78, 5) is 14.2. The van der Waals surface area contributed by atoms with Gasteiger partial charge in [-0.05, 0) is 19.8 Å². The lowest BCUT2D eigenvalue weighted by molar-refractivity contribution is -0.165. The Morgan fingerprint density at radius 2 is 1.90 bits per heavy atom. The van der Waals surface area contributed by atoms with Gasteiger partial charge in [-0.2, -0.15) is 4.31 Å². The topological polar surface area (TPSA) is 87.2 Å². The highest BCUT2D eigenvalue weighted by atomic mass is 32.2. The van der Waals surface area contributed by atoms with Crippen LogP contribution in [0, 0.1) is 0 Å². The summed E-state index contributed by atoms with van der Waals surface area (Å²) in [7, 11) is -3.33. The third kappa shape index (κ3) is 3.30. The van der Waals surface area contributed by atoms with Crippen LogP contribution < -0.4 is 0 Å². The molecule has 20 heavy (non-hydrogen) atoms. The summed E-state index contributed by atoms with van der Waals surface area (Å²) in [6.45, 7) is 3.14. The Kier molecular flexibility index (Phi) is 4.38. The summed E-state index contributed by atoms with van der Waals surface area (Å²) in [5, 5.41) is 9.48. The average Bonchev–Trinajstić information content (AvgIpc) is 2.38. The second-order valence-electron chi connectivity index (χ2n) is 5.70. The standard InChI is InChI=1S/C12H22N2O5S/c1-12(9-14(7-8-19-12)20(2,17)18)11(16)13-5-3-10(15)4-6-13/h10,15H,3-9H2,1-2H3/t12-/m0/s1. The number of piperidine rings is 1. The van der Waals surface area contributed by atoms with Crippen molar-refractivity contribution in [3.05, 3.63) is 0 Å². The Labute approximate surface area is 119 Å². The molecule has 0 aromatic rings. The van der Waals surface area contributed by atoms with Crippen molar-refractivity contribution in [3.63, 3.8) is 0 Å². The number of aliphatic hydroxyl groups excluding tert-OH is 1. The van der Waals surface area contributed by atoms with Crippen molar-refractivity contribution >= 4 is 15.9 Å². The van der Waals surface area contributed by atoms with E-state index in [4.69, 9.17) is 4.74 Å². The van der Waals surface area contributed by atoms with Gasteiger partial charge in [0.05, 0.1) is 25.5 Å². The molecule has 0 aromatic carbocycles. The second kappa shape index (κ2) is 5.59. The summed E-state index contributed by atoms with van der Waals surface area (Å²) >= 11 is 0. The van der Waals surface area contributed by atoms with Gasteiger partial charge in [-0.25, -0.2) is 8.42 Å². The van der Waals surface area contributed by atoms with E-state index in [2.05, 4.69) is 0 Å². The number of hydrogen-bond acceptors (Lipinski definition) is 5. The quantitative estimate of drug-likeness (QED) is 0.708. The first-order valence-electron chi connectivity index (χ1n) is 6.79. The molecule has 0 radical (unpaired) electrons. The number of likely N-dealkylation sites (tertiary alicyclic amines) is 1. The number of nitrogens with zero attached hydrogens (tertiary/aromatic N) is 2. The molecule has 1 atom stereocenters. The molecule has 0 aliphatic carbocycles. The van der Waals surface area contributed by atoms with Gasteiger partial charge in [0.25, 0.3) is 5.91 Å². The zero-order valence-corrected chi connectivity index (χ0v) is 12.7. The number of aliphatic hydroxyl groups is 1. The molecule has 2 aliphatic rings. The average molecular weight is 306 g/mol. The number of rotatable bonds is 2. The molecule has 8 heteroatoms. The normalized spacial score (nSPS) is 30.4. The zero-order valence-electron chi connectivity index (χ0n) is 11.9. The van der Waals surface area contributed by atoms with Crippen molar-refractivity contribution in [1.29, 1.82) is 0 Å². The van der Waals surface area contributed by atoms with Crippen LogP contribution in [0.25, 0.3) is 0 Å². The van der Waals surface area contributed by atoms with E-state index in [-0.39, 0.29) is 31.7 Å². The van der Waals surface area contributed by atoms with Crippen LogP contribution in [0.15, 0.2) is 0 Å². The van der Waals surface area contributed by atoms with Crippen molar-refractivity contribution < 1.29 is 23.1 Å². The van der Waals surface area contributed by atoms with Crippen molar-refractivity contribution in [3.8, 4) is 0 Å². The van der Waals surface area contributed by atoms with E-state index in [0.717, 1.165) is 6.26 Å². The van der Waals surface area contributed by atoms with Gasteiger partial charge in [0.2, 0.25) is 10.0 Å². The van der Waals surface area contributed by atoms with Crippen LogP contribution >= 0.6 is 0 Å². The minimum atomic E-state index is -3.33. The number of ether oxygens (including phenoxy) is 1. The molecular formula is C12H22N2O5S. The molecule has 2 rings (SSSR count). The molecule has 2 fully saturated rings. The maximum atomic E-state index is 12.6. The Hall–Kier alpha value is -0.700. The Bertz CT molecular complexity index is 472. The molecule has 2 heterocycles. The number of amides is 1. The monoisotopic (exact) mass is 306 g/mol.